The van der Waals surface area contributed by atoms with E-state index in [0.717, 1.165) is 17.9 Å². The van der Waals surface area contributed by atoms with E-state index in [-0.39, 0.29) is 0 Å². The molecule has 0 aromatic heterocycles. The number of hydrogen-bond acceptors (Lipinski definition) is 1. The normalized spacial score (nSPS) is 26.6. The van der Waals surface area contributed by atoms with Gasteiger partial charge in [-0.3, -0.25) is 0 Å². The van der Waals surface area contributed by atoms with Crippen LogP contribution < -0.4 is 5.32 Å². The molecule has 2 atom stereocenters. The fourth-order valence-corrected chi connectivity index (χ4v) is 3.84. The first kappa shape index (κ1) is 15.1. The van der Waals surface area contributed by atoms with Crippen LogP contribution in [0, 0.1) is 25.7 Å². The molecule has 1 aromatic rings. The Morgan fingerprint density at radius 1 is 0.905 bits per heavy atom. The van der Waals surface area contributed by atoms with Crippen molar-refractivity contribution in [1.82, 2.24) is 5.32 Å². The highest BCUT2D eigenvalue weighted by molar-refractivity contribution is 5.30. The summed E-state index contributed by atoms with van der Waals surface area (Å²) < 4.78 is 0. The lowest BCUT2D eigenvalue weighted by atomic mass is 9.82. The second-order valence-corrected chi connectivity index (χ2v) is 7.46. The molecule has 0 spiro atoms. The molecule has 0 saturated heterocycles. The Balaban J connectivity index is 1.64. The minimum atomic E-state index is 0.857. The van der Waals surface area contributed by atoms with Crippen LogP contribution in [-0.4, -0.2) is 12.6 Å². The zero-order valence-corrected chi connectivity index (χ0v) is 13.8. The number of benzene rings is 1. The molecule has 2 aliphatic carbocycles. The Morgan fingerprint density at radius 3 is 2.38 bits per heavy atom. The van der Waals surface area contributed by atoms with Crippen molar-refractivity contribution in [2.24, 2.45) is 11.8 Å². The van der Waals surface area contributed by atoms with Gasteiger partial charge in [0, 0.05) is 6.04 Å². The molecule has 1 nitrogen and oxygen atoms in total. The Kier molecular flexibility index (Phi) is 5.00. The maximum atomic E-state index is 3.79. The van der Waals surface area contributed by atoms with Crippen LogP contribution in [0.4, 0.5) is 0 Å². The molecule has 0 aliphatic heterocycles. The second kappa shape index (κ2) is 6.96. The van der Waals surface area contributed by atoms with Crippen molar-refractivity contribution in [3.63, 3.8) is 0 Å². The van der Waals surface area contributed by atoms with Gasteiger partial charge >= 0.3 is 0 Å². The molecule has 0 bridgehead atoms. The monoisotopic (exact) mass is 285 g/mol. The first-order chi connectivity index (χ1) is 10.2. The highest BCUT2D eigenvalue weighted by Gasteiger charge is 2.27. The van der Waals surface area contributed by atoms with E-state index < -0.39 is 0 Å². The van der Waals surface area contributed by atoms with Crippen LogP contribution in [0.3, 0.4) is 0 Å². The van der Waals surface area contributed by atoms with E-state index in [9.17, 15) is 0 Å². The van der Waals surface area contributed by atoms with Crippen molar-refractivity contribution in [3.05, 3.63) is 34.9 Å². The van der Waals surface area contributed by atoms with Gasteiger partial charge in [-0.25, -0.2) is 0 Å². The van der Waals surface area contributed by atoms with E-state index in [2.05, 4.69) is 37.4 Å². The number of rotatable bonds is 5. The third kappa shape index (κ3) is 4.32. The molecular weight excluding hydrogens is 254 g/mol. The van der Waals surface area contributed by atoms with Gasteiger partial charge in [0.05, 0.1) is 0 Å². The maximum Gasteiger partial charge on any atom is 0.00683 e. The highest BCUT2D eigenvalue weighted by Crippen LogP contribution is 2.32. The average molecular weight is 285 g/mol. The molecule has 3 rings (SSSR count). The molecule has 1 heteroatoms. The van der Waals surface area contributed by atoms with Gasteiger partial charge in [0.25, 0.3) is 0 Å². The average Bonchev–Trinajstić information content (AvgIpc) is 3.29. The number of nitrogens with one attached hydrogen (secondary N) is 1. The SMILES string of the molecule is Cc1ccc(CC2CCCCCC2CNC2CC2)cc1C. The third-order valence-electron chi connectivity index (χ3n) is 5.63. The van der Waals surface area contributed by atoms with Crippen LogP contribution in [-0.2, 0) is 6.42 Å². The summed E-state index contributed by atoms with van der Waals surface area (Å²) in [5.41, 5.74) is 4.43. The Labute approximate surface area is 130 Å². The van der Waals surface area contributed by atoms with E-state index in [1.165, 1.54) is 69.0 Å². The summed E-state index contributed by atoms with van der Waals surface area (Å²) in [6.07, 6.45) is 11.3. The Hall–Kier alpha value is -0.820. The predicted octanol–water partition coefficient (Wildman–Crippen LogP) is 4.79. The second-order valence-electron chi connectivity index (χ2n) is 7.46. The zero-order valence-electron chi connectivity index (χ0n) is 13.8. The molecule has 1 aromatic carbocycles. The van der Waals surface area contributed by atoms with Crippen molar-refractivity contribution in [1.29, 1.82) is 0 Å². The van der Waals surface area contributed by atoms with Crippen molar-refractivity contribution in [3.8, 4) is 0 Å². The number of aryl methyl sites for hydroxylation is 2. The fraction of sp³-hybridized carbons (Fsp3) is 0.700. The molecule has 21 heavy (non-hydrogen) atoms. The minimum Gasteiger partial charge on any atom is -0.314 e. The molecule has 2 saturated carbocycles. The molecule has 0 heterocycles. The largest absolute Gasteiger partial charge is 0.314 e. The summed E-state index contributed by atoms with van der Waals surface area (Å²) in [6, 6.07) is 7.94. The van der Waals surface area contributed by atoms with Crippen LogP contribution in [0.25, 0.3) is 0 Å². The van der Waals surface area contributed by atoms with E-state index >= 15 is 0 Å². The molecule has 116 valence electrons. The van der Waals surface area contributed by atoms with Crippen LogP contribution in [0.15, 0.2) is 18.2 Å². The standard InChI is InChI=1S/C20H31N/c1-15-8-9-17(12-16(15)2)13-18-6-4-3-5-7-19(18)14-21-20-10-11-20/h8-9,12,18-21H,3-7,10-11,13-14H2,1-2H3. The van der Waals surface area contributed by atoms with Crippen LogP contribution in [0.5, 0.6) is 0 Å². The smallest absolute Gasteiger partial charge is 0.00683 e. The van der Waals surface area contributed by atoms with Crippen LogP contribution in [0.1, 0.15) is 61.6 Å². The maximum absolute atomic E-state index is 3.79. The number of hydrogen-bond donors (Lipinski definition) is 1. The van der Waals surface area contributed by atoms with Gasteiger partial charge in [0.2, 0.25) is 0 Å². The highest BCUT2D eigenvalue weighted by atomic mass is 14.9. The zero-order chi connectivity index (χ0) is 14.7. The molecule has 2 aliphatic rings. The van der Waals surface area contributed by atoms with Crippen molar-refractivity contribution < 1.29 is 0 Å². The first-order valence-corrected chi connectivity index (χ1v) is 9.02. The summed E-state index contributed by atoms with van der Waals surface area (Å²) in [5.74, 6) is 1.79. The van der Waals surface area contributed by atoms with E-state index in [0.29, 0.717) is 0 Å². The summed E-state index contributed by atoms with van der Waals surface area (Å²) in [6.45, 7) is 5.73. The quantitative estimate of drug-likeness (QED) is 0.767. The van der Waals surface area contributed by atoms with Gasteiger partial charge in [-0.2, -0.15) is 0 Å². The van der Waals surface area contributed by atoms with Crippen LogP contribution >= 0.6 is 0 Å². The first-order valence-electron chi connectivity index (χ1n) is 9.02. The lowest BCUT2D eigenvalue weighted by Gasteiger charge is -2.26. The molecule has 2 fully saturated rings. The summed E-state index contributed by atoms with van der Waals surface area (Å²) in [5, 5.41) is 3.79. The Bertz CT molecular complexity index is 461. The predicted molar refractivity (Wildman–Crippen MR) is 90.7 cm³/mol. The van der Waals surface area contributed by atoms with Crippen molar-refractivity contribution >= 4 is 0 Å². The molecule has 0 radical (unpaired) electrons. The van der Waals surface area contributed by atoms with Gasteiger partial charge in [0.1, 0.15) is 0 Å². The van der Waals surface area contributed by atoms with Crippen molar-refractivity contribution in [2.75, 3.05) is 6.54 Å². The van der Waals surface area contributed by atoms with Gasteiger partial charge in [0.15, 0.2) is 0 Å². The molecule has 2 unspecified atom stereocenters. The van der Waals surface area contributed by atoms with Crippen LogP contribution in [0.2, 0.25) is 0 Å². The molecule has 0 amide bonds. The third-order valence-corrected chi connectivity index (χ3v) is 5.63. The van der Waals surface area contributed by atoms with Gasteiger partial charge in [-0.15, -0.1) is 0 Å². The summed E-state index contributed by atoms with van der Waals surface area (Å²) >= 11 is 0. The Morgan fingerprint density at radius 2 is 1.67 bits per heavy atom. The van der Waals surface area contributed by atoms with Gasteiger partial charge in [-0.1, -0.05) is 37.5 Å². The van der Waals surface area contributed by atoms with E-state index in [1.807, 2.05) is 0 Å². The summed E-state index contributed by atoms with van der Waals surface area (Å²) in [7, 11) is 0. The lowest BCUT2D eigenvalue weighted by molar-refractivity contribution is 0.297. The van der Waals surface area contributed by atoms with Gasteiger partial charge < -0.3 is 5.32 Å². The minimum absolute atomic E-state index is 0.857. The van der Waals surface area contributed by atoms with Gasteiger partial charge in [-0.05, 0) is 81.0 Å². The molecular formula is C20H31N. The molecule has 1 N–H and O–H groups in total. The summed E-state index contributed by atoms with van der Waals surface area (Å²) in [4.78, 5) is 0. The lowest BCUT2D eigenvalue weighted by Crippen LogP contribution is -2.30. The van der Waals surface area contributed by atoms with Crippen molar-refractivity contribution in [2.45, 2.75) is 71.3 Å². The van der Waals surface area contributed by atoms with E-state index in [1.54, 1.807) is 5.56 Å². The topological polar surface area (TPSA) is 12.0 Å². The van der Waals surface area contributed by atoms with E-state index in [4.69, 9.17) is 0 Å². The fourth-order valence-electron chi connectivity index (χ4n) is 3.84.